The molecule has 6 nitrogen and oxygen atoms in total. The van der Waals surface area contributed by atoms with Crippen molar-refractivity contribution in [3.05, 3.63) is 66.2 Å². The standard InChI is InChI=1S/C24H25N3O3S2/c1-3-5-16-27(4-2)32(29,30)19-13-10-18(11-14-19)23(28)26-24-25-21-15-12-17-8-6-7-9-20(17)22(21)31-24/h6-15H,3-5,16H2,1-2H3,(H,25,26,28). The van der Waals surface area contributed by atoms with Gasteiger partial charge in [0.15, 0.2) is 5.13 Å². The van der Waals surface area contributed by atoms with E-state index in [9.17, 15) is 13.2 Å². The third-order valence-corrected chi connectivity index (χ3v) is 8.38. The van der Waals surface area contributed by atoms with E-state index in [1.54, 1.807) is 12.1 Å². The van der Waals surface area contributed by atoms with E-state index in [2.05, 4.69) is 10.3 Å². The van der Waals surface area contributed by atoms with Crippen molar-refractivity contribution in [2.75, 3.05) is 18.4 Å². The highest BCUT2D eigenvalue weighted by atomic mass is 32.2. The highest BCUT2D eigenvalue weighted by Crippen LogP contribution is 2.32. The molecule has 1 heterocycles. The molecule has 1 N–H and O–H groups in total. The Hall–Kier alpha value is -2.81. The zero-order chi connectivity index (χ0) is 22.7. The van der Waals surface area contributed by atoms with Crippen molar-refractivity contribution in [2.45, 2.75) is 31.6 Å². The van der Waals surface area contributed by atoms with Gasteiger partial charge >= 0.3 is 0 Å². The molecule has 0 saturated heterocycles. The molecule has 0 spiro atoms. The Kier molecular flexibility index (Phi) is 6.55. The van der Waals surface area contributed by atoms with Crippen LogP contribution in [0.2, 0.25) is 0 Å². The largest absolute Gasteiger partial charge is 0.298 e. The smallest absolute Gasteiger partial charge is 0.257 e. The fourth-order valence-electron chi connectivity index (χ4n) is 3.59. The van der Waals surface area contributed by atoms with Gasteiger partial charge in [-0.1, -0.05) is 61.9 Å². The number of carbonyl (C=O) groups is 1. The van der Waals surface area contributed by atoms with Crippen molar-refractivity contribution in [3.63, 3.8) is 0 Å². The van der Waals surface area contributed by atoms with Crippen molar-refractivity contribution in [2.24, 2.45) is 0 Å². The molecule has 0 aliphatic carbocycles. The Morgan fingerprint density at radius 2 is 1.78 bits per heavy atom. The minimum atomic E-state index is -3.57. The number of carbonyl (C=O) groups excluding carboxylic acids is 1. The summed E-state index contributed by atoms with van der Waals surface area (Å²) in [7, 11) is -3.57. The van der Waals surface area contributed by atoms with Gasteiger partial charge in [0.25, 0.3) is 5.91 Å². The van der Waals surface area contributed by atoms with E-state index in [-0.39, 0.29) is 10.8 Å². The molecule has 8 heteroatoms. The average molecular weight is 468 g/mol. The fraction of sp³-hybridized carbons (Fsp3) is 0.250. The van der Waals surface area contributed by atoms with Crippen molar-refractivity contribution >= 4 is 53.4 Å². The maximum atomic E-state index is 12.9. The van der Waals surface area contributed by atoms with Gasteiger partial charge < -0.3 is 0 Å². The zero-order valence-electron chi connectivity index (χ0n) is 18.0. The van der Waals surface area contributed by atoms with Crippen LogP contribution < -0.4 is 5.32 Å². The molecular weight excluding hydrogens is 442 g/mol. The lowest BCUT2D eigenvalue weighted by Gasteiger charge is -2.20. The molecule has 1 amide bonds. The Morgan fingerprint density at radius 3 is 2.50 bits per heavy atom. The van der Waals surface area contributed by atoms with Crippen LogP contribution in [0.4, 0.5) is 5.13 Å². The zero-order valence-corrected chi connectivity index (χ0v) is 19.7. The minimum Gasteiger partial charge on any atom is -0.298 e. The van der Waals surface area contributed by atoms with E-state index < -0.39 is 10.0 Å². The van der Waals surface area contributed by atoms with Gasteiger partial charge in [-0.05, 0) is 42.1 Å². The first-order chi connectivity index (χ1) is 15.4. The number of hydrogen-bond acceptors (Lipinski definition) is 5. The summed E-state index contributed by atoms with van der Waals surface area (Å²) in [6, 6.07) is 18.1. The Labute approximate surface area is 191 Å². The number of benzene rings is 3. The highest BCUT2D eigenvalue weighted by Gasteiger charge is 2.23. The van der Waals surface area contributed by atoms with Gasteiger partial charge in [0.1, 0.15) is 0 Å². The van der Waals surface area contributed by atoms with Gasteiger partial charge in [0.05, 0.1) is 15.1 Å². The van der Waals surface area contributed by atoms with Gasteiger partial charge in [-0.2, -0.15) is 4.31 Å². The molecule has 0 aliphatic rings. The van der Waals surface area contributed by atoms with Crippen molar-refractivity contribution < 1.29 is 13.2 Å². The Morgan fingerprint density at radius 1 is 1.03 bits per heavy atom. The minimum absolute atomic E-state index is 0.193. The second-order valence-corrected chi connectivity index (χ2v) is 10.4. The predicted molar refractivity (Wildman–Crippen MR) is 131 cm³/mol. The number of rotatable bonds is 8. The number of aromatic nitrogens is 1. The molecule has 4 aromatic rings. The van der Waals surface area contributed by atoms with E-state index >= 15 is 0 Å². The first-order valence-electron chi connectivity index (χ1n) is 10.6. The number of sulfonamides is 1. The molecule has 0 unspecified atom stereocenters. The molecule has 4 rings (SSSR count). The monoisotopic (exact) mass is 467 g/mol. The van der Waals surface area contributed by atoms with Crippen LogP contribution in [0.25, 0.3) is 21.0 Å². The number of fused-ring (bicyclic) bond motifs is 3. The van der Waals surface area contributed by atoms with Crippen molar-refractivity contribution in [1.29, 1.82) is 0 Å². The second-order valence-electron chi connectivity index (χ2n) is 7.48. The van der Waals surface area contributed by atoms with Gasteiger partial charge in [0, 0.05) is 24.0 Å². The number of anilines is 1. The molecule has 0 aliphatic heterocycles. The summed E-state index contributed by atoms with van der Waals surface area (Å²) >= 11 is 1.43. The van der Waals surface area contributed by atoms with Gasteiger partial charge in [-0.15, -0.1) is 0 Å². The summed E-state index contributed by atoms with van der Waals surface area (Å²) in [5.74, 6) is -0.323. The Balaban J connectivity index is 1.54. The summed E-state index contributed by atoms with van der Waals surface area (Å²) in [6.07, 6.45) is 1.73. The van der Waals surface area contributed by atoms with Crippen LogP contribution in [-0.2, 0) is 10.0 Å². The number of hydrogen-bond donors (Lipinski definition) is 1. The van der Waals surface area contributed by atoms with E-state index in [0.717, 1.165) is 33.8 Å². The average Bonchev–Trinajstić information content (AvgIpc) is 3.22. The summed E-state index contributed by atoms with van der Waals surface area (Å²) in [5, 5.41) is 5.57. The molecule has 3 aromatic carbocycles. The van der Waals surface area contributed by atoms with Gasteiger partial charge in [-0.25, -0.2) is 13.4 Å². The van der Waals surface area contributed by atoms with Crippen LogP contribution >= 0.6 is 11.3 Å². The first-order valence-corrected chi connectivity index (χ1v) is 12.9. The molecular formula is C24H25N3O3S2. The molecule has 166 valence electrons. The van der Waals surface area contributed by atoms with Crippen LogP contribution in [0, 0.1) is 0 Å². The maximum Gasteiger partial charge on any atom is 0.257 e. The Bertz CT molecular complexity index is 1360. The van der Waals surface area contributed by atoms with Gasteiger partial charge in [0.2, 0.25) is 10.0 Å². The summed E-state index contributed by atoms with van der Waals surface area (Å²) < 4.78 is 28.2. The van der Waals surface area contributed by atoms with E-state index in [4.69, 9.17) is 0 Å². The van der Waals surface area contributed by atoms with Crippen molar-refractivity contribution in [3.8, 4) is 0 Å². The first kappa shape index (κ1) is 22.4. The summed E-state index contributed by atoms with van der Waals surface area (Å²) in [6.45, 7) is 4.76. The number of nitrogens with zero attached hydrogens (tertiary/aromatic N) is 2. The molecule has 1 aromatic heterocycles. The molecule has 0 radical (unpaired) electrons. The predicted octanol–water partition coefficient (Wildman–Crippen LogP) is 5.51. The lowest BCUT2D eigenvalue weighted by Crippen LogP contribution is -2.31. The van der Waals surface area contributed by atoms with Crippen LogP contribution in [0.3, 0.4) is 0 Å². The highest BCUT2D eigenvalue weighted by molar-refractivity contribution is 7.89. The molecule has 0 fully saturated rings. The maximum absolute atomic E-state index is 12.9. The van der Waals surface area contributed by atoms with Crippen LogP contribution in [0.15, 0.2) is 65.6 Å². The van der Waals surface area contributed by atoms with Gasteiger partial charge in [-0.3, -0.25) is 10.1 Å². The number of amides is 1. The number of unbranched alkanes of at least 4 members (excludes halogenated alkanes) is 1. The molecule has 0 bridgehead atoms. The lowest BCUT2D eigenvalue weighted by atomic mass is 10.1. The SMILES string of the molecule is CCCCN(CC)S(=O)(=O)c1ccc(C(=O)Nc2nc3ccc4ccccc4c3s2)cc1. The molecule has 0 saturated carbocycles. The van der Waals surface area contributed by atoms with E-state index in [0.29, 0.717) is 23.8 Å². The third kappa shape index (κ3) is 4.39. The molecule has 32 heavy (non-hydrogen) atoms. The normalized spacial score (nSPS) is 12.0. The molecule has 0 atom stereocenters. The topological polar surface area (TPSA) is 79.4 Å². The van der Waals surface area contributed by atoms with Crippen molar-refractivity contribution in [1.82, 2.24) is 9.29 Å². The van der Waals surface area contributed by atoms with E-state index in [1.165, 1.54) is 27.8 Å². The summed E-state index contributed by atoms with van der Waals surface area (Å²) in [4.78, 5) is 17.5. The third-order valence-electron chi connectivity index (χ3n) is 5.37. The number of thiazole rings is 1. The van der Waals surface area contributed by atoms with Crippen LogP contribution in [0.1, 0.15) is 37.0 Å². The summed E-state index contributed by atoms with van der Waals surface area (Å²) in [5.41, 5.74) is 1.21. The fourth-order valence-corrected chi connectivity index (χ4v) is 6.07. The lowest BCUT2D eigenvalue weighted by molar-refractivity contribution is 0.102. The van der Waals surface area contributed by atoms with Crippen LogP contribution in [0.5, 0.6) is 0 Å². The second kappa shape index (κ2) is 9.36. The van der Waals surface area contributed by atoms with E-state index in [1.807, 2.05) is 50.2 Å². The number of nitrogens with one attached hydrogen (secondary N) is 1. The quantitative estimate of drug-likeness (QED) is 0.370. The van der Waals surface area contributed by atoms with Crippen LogP contribution in [-0.4, -0.2) is 36.7 Å².